The van der Waals surface area contributed by atoms with Gasteiger partial charge < -0.3 is 5.11 Å². The minimum atomic E-state index is -0.663. The second-order valence-corrected chi connectivity index (χ2v) is 7.13. The van der Waals surface area contributed by atoms with Gasteiger partial charge in [-0.3, -0.25) is 9.69 Å². The van der Waals surface area contributed by atoms with Crippen molar-refractivity contribution in [1.29, 1.82) is 0 Å². The van der Waals surface area contributed by atoms with Gasteiger partial charge in [-0.05, 0) is 57.2 Å². The number of piperidine rings is 1. The first kappa shape index (κ1) is 14.6. The number of rotatable bonds is 4. The third kappa shape index (κ3) is 2.16. The number of hydrogen-bond acceptors (Lipinski definition) is 4. The Bertz CT molecular complexity index is 769. The average molecular weight is 314 g/mol. The van der Waals surface area contributed by atoms with Crippen LogP contribution in [-0.2, 0) is 11.3 Å². The van der Waals surface area contributed by atoms with E-state index in [1.807, 2.05) is 17.1 Å². The van der Waals surface area contributed by atoms with E-state index in [0.717, 1.165) is 42.4 Å². The van der Waals surface area contributed by atoms with Gasteiger partial charge in [-0.1, -0.05) is 0 Å². The van der Waals surface area contributed by atoms with E-state index in [-0.39, 0.29) is 6.04 Å². The van der Waals surface area contributed by atoms with E-state index in [9.17, 15) is 9.90 Å². The van der Waals surface area contributed by atoms with Crippen molar-refractivity contribution in [2.75, 3.05) is 6.54 Å². The summed E-state index contributed by atoms with van der Waals surface area (Å²) in [7, 11) is 0. The van der Waals surface area contributed by atoms with Crippen molar-refractivity contribution in [2.24, 2.45) is 5.92 Å². The molecule has 23 heavy (non-hydrogen) atoms. The molecule has 6 heteroatoms. The van der Waals surface area contributed by atoms with Gasteiger partial charge in [0.25, 0.3) is 0 Å². The number of carboxylic acid groups (broad SMARTS) is 1. The predicted octanol–water partition coefficient (Wildman–Crippen LogP) is 2.45. The van der Waals surface area contributed by atoms with Gasteiger partial charge in [0.05, 0.1) is 6.20 Å². The molecule has 1 saturated carbocycles. The molecule has 1 aliphatic carbocycles. The molecule has 1 N–H and O–H groups in total. The number of carboxylic acids is 1. The Morgan fingerprint density at radius 2 is 2.30 bits per heavy atom. The number of aromatic nitrogens is 3. The Morgan fingerprint density at radius 3 is 3.04 bits per heavy atom. The first-order valence-corrected chi connectivity index (χ1v) is 8.33. The van der Waals surface area contributed by atoms with Gasteiger partial charge in [-0.2, -0.15) is 5.10 Å². The van der Waals surface area contributed by atoms with Crippen LogP contribution in [0.15, 0.2) is 18.5 Å². The van der Waals surface area contributed by atoms with Gasteiger partial charge in [-0.15, -0.1) is 0 Å². The van der Waals surface area contributed by atoms with Crippen molar-refractivity contribution in [2.45, 2.75) is 51.2 Å². The zero-order valence-electron chi connectivity index (χ0n) is 13.6. The van der Waals surface area contributed by atoms with Gasteiger partial charge in [-0.25, -0.2) is 9.67 Å². The van der Waals surface area contributed by atoms with E-state index in [4.69, 9.17) is 0 Å². The SMILES string of the molecule is CC(C)n1ncc2cc(CN3CCC[C@@H]4C[C@@]43C(=O)O)cnc21. The molecule has 1 aliphatic heterocycles. The van der Waals surface area contributed by atoms with Crippen LogP contribution in [0.3, 0.4) is 0 Å². The van der Waals surface area contributed by atoms with Gasteiger partial charge in [0.15, 0.2) is 5.65 Å². The molecule has 6 nitrogen and oxygen atoms in total. The van der Waals surface area contributed by atoms with Crippen molar-refractivity contribution in [1.82, 2.24) is 19.7 Å². The first-order chi connectivity index (χ1) is 11.0. The van der Waals surface area contributed by atoms with Gasteiger partial charge in [0.2, 0.25) is 0 Å². The van der Waals surface area contributed by atoms with Crippen molar-refractivity contribution >= 4 is 17.0 Å². The Balaban J connectivity index is 1.61. The highest BCUT2D eigenvalue weighted by atomic mass is 16.4. The molecule has 0 unspecified atom stereocenters. The highest BCUT2D eigenvalue weighted by Crippen LogP contribution is 2.54. The fourth-order valence-corrected chi connectivity index (χ4v) is 4.06. The molecular weight excluding hydrogens is 292 g/mol. The standard InChI is InChI=1S/C17H22N4O2/c1-11(2)21-15-13(9-19-21)6-12(8-18-15)10-20-5-3-4-14-7-17(14,20)16(22)23/h6,8-9,11,14H,3-5,7,10H2,1-2H3,(H,22,23)/t14-,17+/m1/s1. The monoisotopic (exact) mass is 314 g/mol. The quantitative estimate of drug-likeness (QED) is 0.938. The van der Waals surface area contributed by atoms with E-state index in [0.29, 0.717) is 12.5 Å². The summed E-state index contributed by atoms with van der Waals surface area (Å²) in [5, 5.41) is 15.1. The second kappa shape index (κ2) is 5.03. The molecule has 2 fully saturated rings. The average Bonchev–Trinajstić information content (AvgIpc) is 3.13. The molecule has 0 spiro atoms. The van der Waals surface area contributed by atoms with Crippen LogP contribution in [0.4, 0.5) is 0 Å². The highest BCUT2D eigenvalue weighted by Gasteiger charge is 2.65. The smallest absolute Gasteiger partial charge is 0.324 e. The van der Waals surface area contributed by atoms with Crippen LogP contribution in [0.2, 0.25) is 0 Å². The number of likely N-dealkylation sites (tertiary alicyclic amines) is 1. The summed E-state index contributed by atoms with van der Waals surface area (Å²) in [6, 6.07) is 2.37. The largest absolute Gasteiger partial charge is 0.480 e. The van der Waals surface area contributed by atoms with Gasteiger partial charge in [0, 0.05) is 24.2 Å². The molecule has 0 radical (unpaired) electrons. The molecule has 2 aromatic heterocycles. The topological polar surface area (TPSA) is 71.2 Å². The fourth-order valence-electron chi connectivity index (χ4n) is 4.06. The summed E-state index contributed by atoms with van der Waals surface area (Å²) >= 11 is 0. The third-order valence-corrected chi connectivity index (χ3v) is 5.34. The van der Waals surface area contributed by atoms with E-state index >= 15 is 0 Å². The lowest BCUT2D eigenvalue weighted by atomic mass is 10.0. The minimum Gasteiger partial charge on any atom is -0.480 e. The molecule has 3 heterocycles. The number of pyridine rings is 1. The lowest BCUT2D eigenvalue weighted by molar-refractivity contribution is -0.147. The van der Waals surface area contributed by atoms with E-state index < -0.39 is 11.5 Å². The van der Waals surface area contributed by atoms with Crippen LogP contribution < -0.4 is 0 Å². The Kier molecular flexibility index (Phi) is 3.20. The molecule has 0 bridgehead atoms. The Hall–Kier alpha value is -1.95. The Labute approximate surface area is 135 Å². The van der Waals surface area contributed by atoms with Crippen molar-refractivity contribution < 1.29 is 9.90 Å². The number of hydrogen-bond donors (Lipinski definition) is 1. The van der Waals surface area contributed by atoms with Crippen molar-refractivity contribution in [3.05, 3.63) is 24.0 Å². The molecular formula is C17H22N4O2. The van der Waals surface area contributed by atoms with Gasteiger partial charge >= 0.3 is 5.97 Å². The number of nitrogens with zero attached hydrogens (tertiary/aromatic N) is 4. The molecule has 2 atom stereocenters. The summed E-state index contributed by atoms with van der Waals surface area (Å²) in [4.78, 5) is 18.4. The van der Waals surface area contributed by atoms with E-state index in [1.54, 1.807) is 0 Å². The van der Waals surface area contributed by atoms with Crippen LogP contribution in [-0.4, -0.2) is 42.8 Å². The molecule has 122 valence electrons. The lowest BCUT2D eigenvalue weighted by Gasteiger charge is -2.33. The van der Waals surface area contributed by atoms with Crippen LogP contribution in [0.5, 0.6) is 0 Å². The number of aliphatic carboxylic acids is 1. The lowest BCUT2D eigenvalue weighted by Crippen LogP contribution is -2.47. The molecule has 4 rings (SSSR count). The molecule has 0 amide bonds. The maximum atomic E-state index is 11.7. The fraction of sp³-hybridized carbons (Fsp3) is 0.588. The van der Waals surface area contributed by atoms with Crippen molar-refractivity contribution in [3.63, 3.8) is 0 Å². The normalized spacial score (nSPS) is 27.3. The first-order valence-electron chi connectivity index (χ1n) is 8.33. The zero-order chi connectivity index (χ0) is 16.2. The summed E-state index contributed by atoms with van der Waals surface area (Å²) in [6.07, 6.45) is 6.63. The molecule has 0 aromatic carbocycles. The second-order valence-electron chi connectivity index (χ2n) is 7.13. The highest BCUT2D eigenvalue weighted by molar-refractivity contribution is 5.83. The summed E-state index contributed by atoms with van der Waals surface area (Å²) in [6.45, 7) is 5.67. The van der Waals surface area contributed by atoms with Crippen molar-refractivity contribution in [3.8, 4) is 0 Å². The number of carbonyl (C=O) groups is 1. The van der Waals surface area contributed by atoms with Crippen LogP contribution in [0.25, 0.3) is 11.0 Å². The summed E-state index contributed by atoms with van der Waals surface area (Å²) in [5.74, 6) is -0.335. The summed E-state index contributed by atoms with van der Waals surface area (Å²) < 4.78 is 1.91. The predicted molar refractivity (Wildman–Crippen MR) is 86.0 cm³/mol. The van der Waals surface area contributed by atoms with Gasteiger partial charge in [0.1, 0.15) is 5.54 Å². The maximum absolute atomic E-state index is 11.7. The molecule has 1 saturated heterocycles. The van der Waals surface area contributed by atoms with E-state index in [1.165, 1.54) is 0 Å². The molecule has 2 aromatic rings. The maximum Gasteiger partial charge on any atom is 0.324 e. The molecule has 2 aliphatic rings. The minimum absolute atomic E-state index is 0.274. The zero-order valence-corrected chi connectivity index (χ0v) is 13.6. The Morgan fingerprint density at radius 1 is 1.48 bits per heavy atom. The van der Waals surface area contributed by atoms with E-state index in [2.05, 4.69) is 34.9 Å². The third-order valence-electron chi connectivity index (χ3n) is 5.34. The summed E-state index contributed by atoms with van der Waals surface area (Å²) in [5.41, 5.74) is 1.34. The number of fused-ring (bicyclic) bond motifs is 2. The van der Waals surface area contributed by atoms with Crippen LogP contribution in [0.1, 0.15) is 44.7 Å². The van der Waals surface area contributed by atoms with Crippen LogP contribution in [0, 0.1) is 5.92 Å². The van der Waals surface area contributed by atoms with Crippen LogP contribution >= 0.6 is 0 Å².